The van der Waals surface area contributed by atoms with E-state index in [9.17, 15) is 0 Å². The molecule has 0 radical (unpaired) electrons. The molecule has 0 aromatic carbocycles. The van der Waals surface area contributed by atoms with Crippen LogP contribution in [0.25, 0.3) is 0 Å². The maximum absolute atomic E-state index is 5.66. The summed E-state index contributed by atoms with van der Waals surface area (Å²) in [5.74, 6) is 2.32. The number of nitrogens with two attached hydrogens (primary N) is 2. The number of aromatic nitrogens is 1. The number of hydrogen-bond donors (Lipinski definition) is 2. The highest BCUT2D eigenvalue weighted by atomic mass is 32.2. The van der Waals surface area contributed by atoms with Gasteiger partial charge >= 0.3 is 0 Å². The van der Waals surface area contributed by atoms with Gasteiger partial charge in [0.2, 0.25) is 0 Å². The maximum atomic E-state index is 5.66. The molecule has 0 saturated heterocycles. The van der Waals surface area contributed by atoms with Crippen LogP contribution in [-0.4, -0.2) is 30.1 Å². The Hall–Kier alpha value is -1.10. The van der Waals surface area contributed by atoms with Crippen molar-refractivity contribution in [1.29, 1.82) is 0 Å². The summed E-state index contributed by atoms with van der Waals surface area (Å²) in [6.45, 7) is 2.16. The Bertz CT molecular complexity index is 329. The van der Waals surface area contributed by atoms with Gasteiger partial charge < -0.3 is 16.4 Å². The van der Waals surface area contributed by atoms with Crippen LogP contribution in [0.3, 0.4) is 0 Å². The van der Waals surface area contributed by atoms with Gasteiger partial charge in [0.15, 0.2) is 0 Å². The van der Waals surface area contributed by atoms with Crippen molar-refractivity contribution in [1.82, 2.24) is 4.98 Å². The minimum atomic E-state index is 0.399. The molecule has 0 fully saturated rings. The van der Waals surface area contributed by atoms with Crippen LogP contribution in [0, 0.1) is 0 Å². The molecule has 5 heteroatoms. The number of nitrogens with zero attached hydrogens (tertiary/aromatic N) is 2. The molecule has 1 atom stereocenters. The van der Waals surface area contributed by atoms with Crippen LogP contribution < -0.4 is 16.4 Å². The van der Waals surface area contributed by atoms with Gasteiger partial charge in [0.05, 0.1) is 5.69 Å². The van der Waals surface area contributed by atoms with E-state index >= 15 is 0 Å². The topological polar surface area (TPSA) is 68.2 Å². The molecule has 4 N–H and O–H groups in total. The third-order valence-corrected chi connectivity index (χ3v) is 3.19. The van der Waals surface area contributed by atoms with E-state index < -0.39 is 0 Å². The standard InChI is InChI=1S/C10H18N4S/c1-7(6-15-3)14(2)9-5-4-8(11)10(12)13-9/h4-5,7H,6,11H2,1-3H3,(H2,12,13). The highest BCUT2D eigenvalue weighted by Crippen LogP contribution is 2.19. The van der Waals surface area contributed by atoms with Crippen LogP contribution in [0.5, 0.6) is 0 Å². The molecule has 4 nitrogen and oxygen atoms in total. The first-order chi connectivity index (χ1) is 7.06. The van der Waals surface area contributed by atoms with E-state index in [1.54, 1.807) is 6.07 Å². The number of thioether (sulfide) groups is 1. The molecule has 84 valence electrons. The van der Waals surface area contributed by atoms with E-state index in [2.05, 4.69) is 23.1 Å². The van der Waals surface area contributed by atoms with Crippen molar-refractivity contribution in [3.63, 3.8) is 0 Å². The molecule has 0 aliphatic carbocycles. The molecule has 1 aromatic rings. The lowest BCUT2D eigenvalue weighted by Crippen LogP contribution is -2.31. The summed E-state index contributed by atoms with van der Waals surface area (Å²) >= 11 is 1.81. The summed E-state index contributed by atoms with van der Waals surface area (Å²) in [5, 5.41) is 0. The Balaban J connectivity index is 2.81. The number of anilines is 3. The van der Waals surface area contributed by atoms with Crippen molar-refractivity contribution >= 4 is 29.1 Å². The van der Waals surface area contributed by atoms with Gasteiger partial charge in [-0.2, -0.15) is 11.8 Å². The quantitative estimate of drug-likeness (QED) is 0.813. The zero-order valence-electron chi connectivity index (χ0n) is 9.40. The average Bonchev–Trinajstić information content (AvgIpc) is 2.21. The van der Waals surface area contributed by atoms with Gasteiger partial charge in [0, 0.05) is 18.8 Å². The van der Waals surface area contributed by atoms with Crippen LogP contribution in [0.4, 0.5) is 17.3 Å². The molecule has 1 aromatic heterocycles. The highest BCUT2D eigenvalue weighted by molar-refractivity contribution is 7.98. The summed E-state index contributed by atoms with van der Waals surface area (Å²) in [6, 6.07) is 4.11. The Labute approximate surface area is 95.0 Å². The largest absolute Gasteiger partial charge is 0.396 e. The van der Waals surface area contributed by atoms with E-state index in [1.165, 1.54) is 0 Å². The first-order valence-corrected chi connectivity index (χ1v) is 6.19. The van der Waals surface area contributed by atoms with Gasteiger partial charge in [-0.15, -0.1) is 0 Å². The van der Waals surface area contributed by atoms with Gasteiger partial charge in [0.25, 0.3) is 0 Å². The lowest BCUT2D eigenvalue weighted by Gasteiger charge is -2.25. The van der Waals surface area contributed by atoms with E-state index in [1.807, 2.05) is 24.9 Å². The molecular weight excluding hydrogens is 208 g/mol. The van der Waals surface area contributed by atoms with Crippen molar-refractivity contribution in [2.75, 3.05) is 35.4 Å². The fourth-order valence-electron chi connectivity index (χ4n) is 1.25. The van der Waals surface area contributed by atoms with Gasteiger partial charge in [-0.25, -0.2) is 4.98 Å². The zero-order chi connectivity index (χ0) is 11.4. The van der Waals surface area contributed by atoms with E-state index in [-0.39, 0.29) is 0 Å². The Morgan fingerprint density at radius 1 is 1.47 bits per heavy atom. The van der Waals surface area contributed by atoms with Gasteiger partial charge in [-0.1, -0.05) is 0 Å². The Morgan fingerprint density at radius 2 is 2.13 bits per heavy atom. The van der Waals surface area contributed by atoms with Gasteiger partial charge in [-0.3, -0.25) is 0 Å². The summed E-state index contributed by atoms with van der Waals surface area (Å²) in [4.78, 5) is 6.35. The molecule has 1 rings (SSSR count). The smallest absolute Gasteiger partial charge is 0.149 e. The third kappa shape index (κ3) is 2.92. The second-order valence-corrected chi connectivity index (χ2v) is 4.47. The lowest BCUT2D eigenvalue weighted by molar-refractivity contribution is 0.754. The summed E-state index contributed by atoms with van der Waals surface area (Å²) < 4.78 is 0. The van der Waals surface area contributed by atoms with E-state index in [4.69, 9.17) is 11.5 Å². The minimum absolute atomic E-state index is 0.399. The SMILES string of the molecule is CSCC(C)N(C)c1ccc(N)c(N)n1. The van der Waals surface area contributed by atoms with Gasteiger partial charge in [0.1, 0.15) is 11.6 Å². The molecule has 1 heterocycles. The monoisotopic (exact) mass is 226 g/mol. The van der Waals surface area contributed by atoms with E-state index in [0.717, 1.165) is 11.6 Å². The fourth-order valence-corrected chi connectivity index (χ4v) is 1.96. The van der Waals surface area contributed by atoms with Crippen molar-refractivity contribution in [2.24, 2.45) is 0 Å². The normalized spacial score (nSPS) is 12.5. The molecule has 15 heavy (non-hydrogen) atoms. The number of nitrogen functional groups attached to an aromatic ring is 2. The summed E-state index contributed by atoms with van der Waals surface area (Å²) in [6.07, 6.45) is 2.09. The molecule has 0 aliphatic heterocycles. The Kier molecular flexibility index (Phi) is 4.08. The molecule has 0 bridgehead atoms. The summed E-state index contributed by atoms with van der Waals surface area (Å²) in [7, 11) is 2.01. The summed E-state index contributed by atoms with van der Waals surface area (Å²) in [5.41, 5.74) is 11.8. The zero-order valence-corrected chi connectivity index (χ0v) is 10.2. The fraction of sp³-hybridized carbons (Fsp3) is 0.500. The predicted molar refractivity (Wildman–Crippen MR) is 69.3 cm³/mol. The van der Waals surface area contributed by atoms with Crippen LogP contribution in [-0.2, 0) is 0 Å². The molecule has 0 spiro atoms. The average molecular weight is 226 g/mol. The van der Waals surface area contributed by atoms with Gasteiger partial charge in [-0.05, 0) is 25.3 Å². The first kappa shape index (κ1) is 12.0. The lowest BCUT2D eigenvalue weighted by atomic mass is 10.3. The number of pyridine rings is 1. The number of rotatable bonds is 4. The second kappa shape index (κ2) is 5.11. The van der Waals surface area contributed by atoms with Crippen LogP contribution in [0.2, 0.25) is 0 Å². The van der Waals surface area contributed by atoms with Crippen LogP contribution in [0.15, 0.2) is 12.1 Å². The van der Waals surface area contributed by atoms with E-state index in [0.29, 0.717) is 17.5 Å². The predicted octanol–water partition coefficient (Wildman–Crippen LogP) is 1.43. The third-order valence-electron chi connectivity index (χ3n) is 2.37. The van der Waals surface area contributed by atoms with Crippen molar-refractivity contribution in [2.45, 2.75) is 13.0 Å². The second-order valence-electron chi connectivity index (χ2n) is 3.56. The van der Waals surface area contributed by atoms with Crippen molar-refractivity contribution in [3.8, 4) is 0 Å². The minimum Gasteiger partial charge on any atom is -0.396 e. The molecule has 0 saturated carbocycles. The van der Waals surface area contributed by atoms with Crippen LogP contribution >= 0.6 is 11.8 Å². The van der Waals surface area contributed by atoms with Crippen LogP contribution in [0.1, 0.15) is 6.92 Å². The maximum Gasteiger partial charge on any atom is 0.149 e. The number of hydrogen-bond acceptors (Lipinski definition) is 5. The highest BCUT2D eigenvalue weighted by Gasteiger charge is 2.11. The Morgan fingerprint density at radius 3 is 2.67 bits per heavy atom. The molecule has 0 aliphatic rings. The molecule has 1 unspecified atom stereocenters. The first-order valence-electron chi connectivity index (χ1n) is 4.80. The van der Waals surface area contributed by atoms with Crippen molar-refractivity contribution in [3.05, 3.63) is 12.1 Å². The molecular formula is C10H18N4S. The van der Waals surface area contributed by atoms with Crippen molar-refractivity contribution < 1.29 is 0 Å². The molecule has 0 amide bonds.